The van der Waals surface area contributed by atoms with Gasteiger partial charge in [0.25, 0.3) is 5.91 Å². The Bertz CT molecular complexity index is 2040. The average molecular weight is 619 g/mol. The van der Waals surface area contributed by atoms with E-state index in [2.05, 4.69) is 37.1 Å². The first kappa shape index (κ1) is 28.8. The van der Waals surface area contributed by atoms with Gasteiger partial charge in [-0.05, 0) is 74.2 Å². The Morgan fingerprint density at radius 1 is 1.13 bits per heavy atom. The minimum Gasteiger partial charge on any atom is -0.449 e. The van der Waals surface area contributed by atoms with Crippen molar-refractivity contribution in [3.05, 3.63) is 82.8 Å². The molecule has 0 radical (unpaired) electrons. The lowest BCUT2D eigenvalue weighted by atomic mass is 9.98. The number of imidazole rings is 1. The Labute approximate surface area is 267 Å². The molecule has 46 heavy (non-hydrogen) atoms. The summed E-state index contributed by atoms with van der Waals surface area (Å²) in [4.78, 5) is 20.9. The second-order valence-corrected chi connectivity index (χ2v) is 13.1. The van der Waals surface area contributed by atoms with E-state index in [-0.39, 0.29) is 12.0 Å². The number of benzene rings is 3. The van der Waals surface area contributed by atoms with Crippen molar-refractivity contribution in [3.8, 4) is 11.5 Å². The molecule has 2 aromatic heterocycles. The van der Waals surface area contributed by atoms with Crippen LogP contribution in [0, 0.1) is 13.8 Å². The first-order valence-electron chi connectivity index (χ1n) is 16.0. The first-order chi connectivity index (χ1) is 22.2. The molecule has 0 unspecified atom stereocenters. The SMILES string of the molecule is Cc1[nH]nc2c(C)cc(NC(=O)c3ccc4c(c3)nc(CN3CC=C(c5cccc6c5OC(C)(C)O6)CC3)n4C[C@@H]3CCO3)cc12. The molecule has 10 nitrogen and oxygen atoms in total. The van der Waals surface area contributed by atoms with Crippen LogP contribution in [-0.2, 0) is 17.8 Å². The normalized spacial score (nSPS) is 19.0. The van der Waals surface area contributed by atoms with Crippen LogP contribution in [0.2, 0.25) is 0 Å². The summed E-state index contributed by atoms with van der Waals surface area (Å²) in [6.45, 7) is 11.8. The van der Waals surface area contributed by atoms with Gasteiger partial charge in [0.05, 0.1) is 35.7 Å². The molecule has 8 rings (SSSR count). The Morgan fingerprint density at radius 2 is 2.00 bits per heavy atom. The summed E-state index contributed by atoms with van der Waals surface area (Å²) in [5, 5.41) is 11.5. The van der Waals surface area contributed by atoms with Crippen molar-refractivity contribution >= 4 is 39.1 Å². The van der Waals surface area contributed by atoms with Gasteiger partial charge in [-0.2, -0.15) is 5.10 Å². The highest BCUT2D eigenvalue weighted by atomic mass is 16.7. The Morgan fingerprint density at radius 3 is 2.78 bits per heavy atom. The fourth-order valence-electron chi connectivity index (χ4n) is 6.75. The van der Waals surface area contributed by atoms with Crippen LogP contribution in [0.4, 0.5) is 5.69 Å². The Balaban J connectivity index is 1.03. The maximum atomic E-state index is 13.4. The molecular weight excluding hydrogens is 580 g/mol. The molecule has 0 spiro atoms. The number of amides is 1. The van der Waals surface area contributed by atoms with E-state index in [9.17, 15) is 4.79 Å². The lowest BCUT2D eigenvalue weighted by Crippen LogP contribution is -2.33. The van der Waals surface area contributed by atoms with Gasteiger partial charge in [0.2, 0.25) is 5.79 Å². The molecular formula is C36H38N6O4. The predicted molar refractivity (Wildman–Crippen MR) is 177 cm³/mol. The molecule has 3 aliphatic rings. The van der Waals surface area contributed by atoms with Gasteiger partial charge in [-0.3, -0.25) is 14.8 Å². The monoisotopic (exact) mass is 618 g/mol. The number of aromatic nitrogens is 4. The smallest absolute Gasteiger partial charge is 0.255 e. The van der Waals surface area contributed by atoms with Gasteiger partial charge in [-0.25, -0.2) is 4.98 Å². The molecule has 10 heteroatoms. The minimum atomic E-state index is -0.657. The van der Waals surface area contributed by atoms with E-state index in [0.29, 0.717) is 12.1 Å². The third-order valence-corrected chi connectivity index (χ3v) is 9.25. The second kappa shape index (κ2) is 11.0. The summed E-state index contributed by atoms with van der Waals surface area (Å²) in [6.07, 6.45) is 4.42. The number of carbonyl (C=O) groups is 1. The van der Waals surface area contributed by atoms with Crippen LogP contribution in [-0.4, -0.2) is 62.1 Å². The molecule has 2 N–H and O–H groups in total. The van der Waals surface area contributed by atoms with Crippen LogP contribution in [0.1, 0.15) is 59.7 Å². The van der Waals surface area contributed by atoms with Crippen molar-refractivity contribution in [1.82, 2.24) is 24.6 Å². The predicted octanol–water partition coefficient (Wildman–Crippen LogP) is 6.37. The maximum Gasteiger partial charge on any atom is 0.255 e. The van der Waals surface area contributed by atoms with Crippen molar-refractivity contribution < 1.29 is 19.0 Å². The van der Waals surface area contributed by atoms with E-state index in [1.54, 1.807) is 0 Å². The van der Waals surface area contributed by atoms with E-state index >= 15 is 0 Å². The standard InChI is InChI=1S/C36H38N6O4/c1-21-16-25(18-28-22(2)39-40-33(21)28)37-35(43)24-8-9-30-29(17-24)38-32(42(30)19-26-12-15-44-26)20-41-13-10-23(11-14-41)27-6-5-7-31-34(27)46-36(3,4)45-31/h5-10,16-18,26H,11-15,19-20H2,1-4H3,(H,37,43)(H,39,40)/t26-/m0/s1. The van der Waals surface area contributed by atoms with E-state index in [4.69, 9.17) is 19.2 Å². The Kier molecular flexibility index (Phi) is 6.88. The second-order valence-electron chi connectivity index (χ2n) is 13.1. The molecule has 236 valence electrons. The zero-order chi connectivity index (χ0) is 31.6. The first-order valence-corrected chi connectivity index (χ1v) is 16.0. The number of rotatable bonds is 7. The molecule has 1 amide bonds. The molecule has 0 saturated carbocycles. The van der Waals surface area contributed by atoms with Gasteiger partial charge in [0.1, 0.15) is 5.82 Å². The zero-order valence-electron chi connectivity index (χ0n) is 26.6. The number of hydrogen-bond donors (Lipinski definition) is 2. The number of ether oxygens (including phenoxy) is 3. The number of H-pyrrole nitrogens is 1. The minimum absolute atomic E-state index is 0.168. The summed E-state index contributed by atoms with van der Waals surface area (Å²) in [5.41, 5.74) is 8.43. The van der Waals surface area contributed by atoms with E-state index in [0.717, 1.165) is 101 Å². The molecule has 3 aromatic carbocycles. The molecule has 0 bridgehead atoms. The summed E-state index contributed by atoms with van der Waals surface area (Å²) in [5.74, 6) is 1.79. The van der Waals surface area contributed by atoms with Crippen LogP contribution < -0.4 is 14.8 Å². The molecule has 1 fully saturated rings. The summed E-state index contributed by atoms with van der Waals surface area (Å²) >= 11 is 0. The average Bonchev–Trinajstić information content (AvgIpc) is 3.66. The number of carbonyl (C=O) groups excluding carboxylic acids is 1. The molecule has 1 saturated heterocycles. The number of nitrogens with one attached hydrogen (secondary N) is 2. The highest BCUT2D eigenvalue weighted by Crippen LogP contribution is 2.45. The number of anilines is 1. The van der Waals surface area contributed by atoms with Crippen molar-refractivity contribution in [2.75, 3.05) is 25.0 Å². The van der Waals surface area contributed by atoms with Crippen molar-refractivity contribution in [2.45, 2.75) is 65.5 Å². The molecule has 0 aliphatic carbocycles. The third-order valence-electron chi connectivity index (χ3n) is 9.25. The zero-order valence-corrected chi connectivity index (χ0v) is 26.6. The lowest BCUT2D eigenvalue weighted by molar-refractivity contribution is -0.0591. The topological polar surface area (TPSA) is 107 Å². The highest BCUT2D eigenvalue weighted by Gasteiger charge is 2.34. The number of aryl methyl sites for hydroxylation is 2. The van der Waals surface area contributed by atoms with Gasteiger partial charge >= 0.3 is 0 Å². The maximum absolute atomic E-state index is 13.4. The highest BCUT2D eigenvalue weighted by molar-refractivity contribution is 6.07. The Hall–Kier alpha value is -4.67. The fraction of sp³-hybridized carbons (Fsp3) is 0.361. The molecule has 1 atom stereocenters. The van der Waals surface area contributed by atoms with Crippen LogP contribution in [0.3, 0.4) is 0 Å². The third kappa shape index (κ3) is 5.21. The van der Waals surface area contributed by atoms with Gasteiger partial charge in [0.15, 0.2) is 11.5 Å². The molecule has 5 aromatic rings. The number of para-hydroxylation sites is 1. The van der Waals surface area contributed by atoms with Gasteiger partial charge in [-0.15, -0.1) is 0 Å². The van der Waals surface area contributed by atoms with Crippen LogP contribution >= 0.6 is 0 Å². The van der Waals surface area contributed by atoms with Crippen molar-refractivity contribution in [1.29, 1.82) is 0 Å². The van der Waals surface area contributed by atoms with Gasteiger partial charge in [0, 0.05) is 61.4 Å². The number of hydrogen-bond acceptors (Lipinski definition) is 7. The number of nitrogens with zero attached hydrogens (tertiary/aromatic N) is 4. The van der Waals surface area contributed by atoms with Gasteiger partial charge < -0.3 is 24.1 Å². The lowest BCUT2D eigenvalue weighted by Gasteiger charge is -2.29. The molecule has 5 heterocycles. The van der Waals surface area contributed by atoms with Crippen molar-refractivity contribution in [3.63, 3.8) is 0 Å². The van der Waals surface area contributed by atoms with E-state index in [1.807, 2.05) is 70.2 Å². The van der Waals surface area contributed by atoms with Gasteiger partial charge in [-0.1, -0.05) is 18.2 Å². The summed E-state index contributed by atoms with van der Waals surface area (Å²) < 4.78 is 20.2. The largest absolute Gasteiger partial charge is 0.449 e. The van der Waals surface area contributed by atoms with E-state index < -0.39 is 5.79 Å². The number of aromatic amines is 1. The summed E-state index contributed by atoms with van der Waals surface area (Å²) in [7, 11) is 0. The summed E-state index contributed by atoms with van der Waals surface area (Å²) in [6, 6.07) is 15.8. The fourth-order valence-corrected chi connectivity index (χ4v) is 6.75. The van der Waals surface area contributed by atoms with Crippen molar-refractivity contribution in [2.24, 2.45) is 0 Å². The van der Waals surface area contributed by atoms with Crippen LogP contribution in [0.25, 0.3) is 27.5 Å². The van der Waals surface area contributed by atoms with Crippen LogP contribution in [0.5, 0.6) is 11.5 Å². The number of fused-ring (bicyclic) bond motifs is 3. The molecule has 3 aliphatic heterocycles. The van der Waals surface area contributed by atoms with Crippen LogP contribution in [0.15, 0.2) is 54.6 Å². The quantitative estimate of drug-likeness (QED) is 0.218. The van der Waals surface area contributed by atoms with E-state index in [1.165, 1.54) is 5.57 Å².